The molecule has 0 aromatic rings. The Kier molecular flexibility index (Phi) is 22.0. The number of hydrogen-bond acceptors (Lipinski definition) is 1. The molecule has 0 radical (unpaired) electrons. The van der Waals surface area contributed by atoms with Crippen molar-refractivity contribution in [1.82, 2.24) is 4.90 Å². The van der Waals surface area contributed by atoms with Crippen LogP contribution in [0.4, 0.5) is 0 Å². The Morgan fingerprint density at radius 1 is 0.680 bits per heavy atom. The van der Waals surface area contributed by atoms with Crippen molar-refractivity contribution >= 4 is 0 Å². The molecule has 0 unspecified atom stereocenters. The zero-order valence-corrected chi connectivity index (χ0v) is 19.4. The first-order chi connectivity index (χ1) is 12.1. The molecule has 1 saturated heterocycles. The van der Waals surface area contributed by atoms with Gasteiger partial charge in [-0.15, -0.1) is 0 Å². The van der Waals surface area contributed by atoms with E-state index in [2.05, 4.69) is 46.4 Å². The molecule has 25 heavy (non-hydrogen) atoms. The molecule has 154 valence electrons. The Hall–Kier alpha value is -0.0400. The minimum Gasteiger partial charge on any atom is -0.303 e. The van der Waals surface area contributed by atoms with Gasteiger partial charge < -0.3 is 4.90 Å². The summed E-state index contributed by atoms with van der Waals surface area (Å²) in [7, 11) is 0. The third-order valence-electron chi connectivity index (χ3n) is 5.44. The van der Waals surface area contributed by atoms with E-state index in [9.17, 15) is 0 Å². The van der Waals surface area contributed by atoms with E-state index >= 15 is 0 Å². The summed E-state index contributed by atoms with van der Waals surface area (Å²) < 4.78 is 0. The Labute approximate surface area is 162 Å². The fourth-order valence-corrected chi connectivity index (χ4v) is 3.45. The average Bonchev–Trinajstić information content (AvgIpc) is 2.67. The summed E-state index contributed by atoms with van der Waals surface area (Å²) in [4.78, 5) is 2.74. The first-order valence-corrected chi connectivity index (χ1v) is 11.8. The highest BCUT2D eigenvalue weighted by Crippen LogP contribution is 2.30. The number of rotatable bonds is 4. The molecule has 1 saturated carbocycles. The number of hydrogen-bond donors (Lipinski definition) is 0. The maximum atomic E-state index is 2.74. The lowest BCUT2D eigenvalue weighted by Gasteiger charge is -2.36. The highest BCUT2D eigenvalue weighted by atomic mass is 15.1. The summed E-state index contributed by atoms with van der Waals surface area (Å²) in [6.45, 7) is 21.5. The van der Waals surface area contributed by atoms with Crippen LogP contribution in [0.2, 0.25) is 0 Å². The molecule has 2 aliphatic rings. The topological polar surface area (TPSA) is 3.24 Å². The lowest BCUT2D eigenvalue weighted by atomic mass is 9.82. The van der Waals surface area contributed by atoms with Crippen LogP contribution in [0.25, 0.3) is 0 Å². The van der Waals surface area contributed by atoms with Gasteiger partial charge in [0.05, 0.1) is 0 Å². The molecular formula is C24H53N. The zero-order chi connectivity index (χ0) is 19.5. The molecule has 0 amide bonds. The molecule has 1 heteroatoms. The molecule has 0 aromatic heterocycles. The second-order valence-corrected chi connectivity index (χ2v) is 7.99. The second kappa shape index (κ2) is 20.3. The van der Waals surface area contributed by atoms with Crippen molar-refractivity contribution < 1.29 is 0 Å². The normalized spacial score (nSPS) is 24.0. The van der Waals surface area contributed by atoms with Gasteiger partial charge in [0.25, 0.3) is 0 Å². The van der Waals surface area contributed by atoms with Crippen LogP contribution in [0.15, 0.2) is 0 Å². The van der Waals surface area contributed by atoms with E-state index in [1.54, 1.807) is 0 Å². The lowest BCUT2D eigenvalue weighted by molar-refractivity contribution is 0.137. The molecule has 0 atom stereocenters. The highest BCUT2D eigenvalue weighted by Gasteiger charge is 2.23. The molecule has 1 aliphatic heterocycles. The lowest BCUT2D eigenvalue weighted by Crippen LogP contribution is -2.37. The summed E-state index contributed by atoms with van der Waals surface area (Å²) in [6.07, 6.45) is 14.2. The molecule has 2 fully saturated rings. The van der Waals surface area contributed by atoms with E-state index in [0.717, 1.165) is 17.8 Å². The van der Waals surface area contributed by atoms with E-state index in [0.29, 0.717) is 0 Å². The highest BCUT2D eigenvalue weighted by molar-refractivity contribution is 4.77. The van der Waals surface area contributed by atoms with Gasteiger partial charge in [-0.05, 0) is 56.5 Å². The largest absolute Gasteiger partial charge is 0.303 e. The summed E-state index contributed by atoms with van der Waals surface area (Å²) in [5, 5.41) is 0. The molecule has 1 heterocycles. The molecule has 2 rings (SSSR count). The maximum Gasteiger partial charge on any atom is 0.000966 e. The van der Waals surface area contributed by atoms with Crippen LogP contribution in [0, 0.1) is 17.8 Å². The van der Waals surface area contributed by atoms with Crippen molar-refractivity contribution in [3.8, 4) is 0 Å². The Balaban J connectivity index is 0. The first kappa shape index (κ1) is 27.2. The van der Waals surface area contributed by atoms with Gasteiger partial charge in [-0.2, -0.15) is 0 Å². The Morgan fingerprint density at radius 2 is 1.12 bits per heavy atom. The van der Waals surface area contributed by atoms with E-state index in [4.69, 9.17) is 0 Å². The predicted octanol–water partition coefficient (Wildman–Crippen LogP) is 8.18. The van der Waals surface area contributed by atoms with E-state index in [1.165, 1.54) is 83.8 Å². The number of likely N-dealkylation sites (tertiary alicyclic amines) is 1. The minimum atomic E-state index is 1.00. The SMILES string of the molecule is CC.CCC.CCC1CCN(CC2CCC(C)CC2)CC1.CCCC. The van der Waals surface area contributed by atoms with Gasteiger partial charge in [0.15, 0.2) is 0 Å². The molecule has 0 N–H and O–H groups in total. The van der Waals surface area contributed by atoms with E-state index in [-0.39, 0.29) is 0 Å². The van der Waals surface area contributed by atoms with E-state index in [1.807, 2.05) is 13.8 Å². The molecular weight excluding hydrogens is 302 g/mol. The molecule has 0 bridgehead atoms. The Bertz CT molecular complexity index is 220. The monoisotopic (exact) mass is 355 g/mol. The van der Waals surface area contributed by atoms with Crippen molar-refractivity contribution in [3.63, 3.8) is 0 Å². The molecule has 1 aliphatic carbocycles. The molecule has 0 spiro atoms. The van der Waals surface area contributed by atoms with Gasteiger partial charge >= 0.3 is 0 Å². The fourth-order valence-electron chi connectivity index (χ4n) is 3.45. The summed E-state index contributed by atoms with van der Waals surface area (Å²) in [5.74, 6) is 3.05. The van der Waals surface area contributed by atoms with Gasteiger partial charge in [0, 0.05) is 6.54 Å². The average molecular weight is 356 g/mol. The van der Waals surface area contributed by atoms with Gasteiger partial charge in [0.1, 0.15) is 0 Å². The smallest absolute Gasteiger partial charge is 0.000966 e. The van der Waals surface area contributed by atoms with Crippen LogP contribution in [0.1, 0.15) is 120 Å². The van der Waals surface area contributed by atoms with Crippen molar-refractivity contribution in [1.29, 1.82) is 0 Å². The standard InChI is InChI=1S/C15H29N.C4H10.C3H8.C2H6/c1-3-14-8-10-16(11-9-14)12-15-6-4-13(2)5-7-15;1-3-4-2;1-3-2;1-2/h13-15H,3-12H2,1-2H3;3-4H2,1-2H3;3H2,1-2H3;1-2H3. The van der Waals surface area contributed by atoms with Gasteiger partial charge in [-0.25, -0.2) is 0 Å². The first-order valence-electron chi connectivity index (χ1n) is 11.8. The number of piperidine rings is 1. The maximum absolute atomic E-state index is 2.74. The van der Waals surface area contributed by atoms with Crippen molar-refractivity contribution in [3.05, 3.63) is 0 Å². The summed E-state index contributed by atoms with van der Waals surface area (Å²) >= 11 is 0. The van der Waals surface area contributed by atoms with Crippen molar-refractivity contribution in [2.45, 2.75) is 120 Å². The van der Waals surface area contributed by atoms with Crippen LogP contribution in [-0.2, 0) is 0 Å². The summed E-state index contributed by atoms with van der Waals surface area (Å²) in [6, 6.07) is 0. The van der Waals surface area contributed by atoms with E-state index < -0.39 is 0 Å². The summed E-state index contributed by atoms with van der Waals surface area (Å²) in [5.41, 5.74) is 0. The van der Waals surface area contributed by atoms with Gasteiger partial charge in [0.2, 0.25) is 0 Å². The quantitative estimate of drug-likeness (QED) is 0.491. The van der Waals surface area contributed by atoms with Crippen molar-refractivity contribution in [2.75, 3.05) is 19.6 Å². The van der Waals surface area contributed by atoms with Gasteiger partial charge in [-0.3, -0.25) is 0 Å². The molecule has 1 nitrogen and oxygen atoms in total. The molecule has 0 aromatic carbocycles. The van der Waals surface area contributed by atoms with Crippen LogP contribution in [0.5, 0.6) is 0 Å². The predicted molar refractivity (Wildman–Crippen MR) is 118 cm³/mol. The number of unbranched alkanes of at least 4 members (excludes halogenated alkanes) is 1. The van der Waals surface area contributed by atoms with Crippen LogP contribution >= 0.6 is 0 Å². The fraction of sp³-hybridized carbons (Fsp3) is 1.00. The number of nitrogens with zero attached hydrogens (tertiary/aromatic N) is 1. The zero-order valence-electron chi connectivity index (χ0n) is 19.4. The third-order valence-corrected chi connectivity index (χ3v) is 5.44. The van der Waals surface area contributed by atoms with Crippen LogP contribution < -0.4 is 0 Å². The van der Waals surface area contributed by atoms with Crippen LogP contribution in [-0.4, -0.2) is 24.5 Å². The van der Waals surface area contributed by atoms with Gasteiger partial charge in [-0.1, -0.05) is 93.9 Å². The second-order valence-electron chi connectivity index (χ2n) is 7.99. The minimum absolute atomic E-state index is 1.00. The Morgan fingerprint density at radius 3 is 1.48 bits per heavy atom. The van der Waals surface area contributed by atoms with Crippen LogP contribution in [0.3, 0.4) is 0 Å². The van der Waals surface area contributed by atoms with Crippen molar-refractivity contribution in [2.24, 2.45) is 17.8 Å². The third kappa shape index (κ3) is 15.9.